The maximum atomic E-state index is 16.4. The lowest BCUT2D eigenvalue weighted by atomic mass is 9.88. The Hall–Kier alpha value is -3.83. The van der Waals surface area contributed by atoms with Gasteiger partial charge in [0.25, 0.3) is 5.91 Å². The average molecular weight is 597 g/mol. The lowest BCUT2D eigenvalue weighted by Gasteiger charge is -2.45. The zero-order valence-electron chi connectivity index (χ0n) is 21.6. The molecule has 0 unspecified atom stereocenters. The number of pyridine rings is 1. The second kappa shape index (κ2) is 10.2. The van der Waals surface area contributed by atoms with Gasteiger partial charge >= 0.3 is 0 Å². The van der Waals surface area contributed by atoms with E-state index in [1.54, 1.807) is 35.9 Å². The van der Waals surface area contributed by atoms with E-state index in [2.05, 4.69) is 9.97 Å². The molecule has 2 aliphatic rings. The number of ether oxygens (including phenoxy) is 1. The molecule has 1 aliphatic heterocycles. The van der Waals surface area contributed by atoms with Gasteiger partial charge < -0.3 is 19.5 Å². The van der Waals surface area contributed by atoms with Crippen LogP contribution >= 0.6 is 23.2 Å². The van der Waals surface area contributed by atoms with Gasteiger partial charge in [-0.05, 0) is 37.1 Å². The SMILES string of the molecule is Cn1cnc(C(=O)c2cc(F)c3c(c2)C(=O)N(Cc2ncc(Cl)cc2O)[C@@]3(O[C@H]2C[C@@H](O)C2)c2ccc(Cl)cc2)c1. The van der Waals surface area contributed by atoms with Crippen LogP contribution in [0.25, 0.3) is 0 Å². The number of imidazole rings is 1. The van der Waals surface area contributed by atoms with Crippen LogP contribution in [-0.2, 0) is 24.1 Å². The molecule has 9 nitrogen and oxygen atoms in total. The third kappa shape index (κ3) is 4.66. The molecule has 1 fully saturated rings. The average Bonchev–Trinajstić information content (AvgIpc) is 3.45. The number of amides is 1. The minimum Gasteiger partial charge on any atom is -0.506 e. The zero-order valence-corrected chi connectivity index (χ0v) is 23.1. The molecule has 6 rings (SSSR count). The molecule has 2 N–H and O–H groups in total. The van der Waals surface area contributed by atoms with Crippen LogP contribution in [0.1, 0.15) is 56.1 Å². The van der Waals surface area contributed by atoms with Crippen LogP contribution in [0.2, 0.25) is 10.0 Å². The summed E-state index contributed by atoms with van der Waals surface area (Å²) in [4.78, 5) is 36.9. The number of rotatable bonds is 7. The lowest BCUT2D eigenvalue weighted by molar-refractivity contribution is -0.191. The highest BCUT2D eigenvalue weighted by Gasteiger charge is 2.56. The van der Waals surface area contributed by atoms with Gasteiger partial charge in [0, 0.05) is 41.7 Å². The Bertz CT molecular complexity index is 1690. The van der Waals surface area contributed by atoms with E-state index >= 15 is 4.39 Å². The number of nitrogens with zero attached hydrogens (tertiary/aromatic N) is 4. The molecule has 1 atom stereocenters. The predicted octanol–water partition coefficient (Wildman–Crippen LogP) is 4.59. The van der Waals surface area contributed by atoms with Crippen molar-refractivity contribution in [2.75, 3.05) is 0 Å². The van der Waals surface area contributed by atoms with Crippen molar-refractivity contribution < 1.29 is 28.9 Å². The summed E-state index contributed by atoms with van der Waals surface area (Å²) >= 11 is 12.2. The third-order valence-electron chi connectivity index (χ3n) is 7.35. The van der Waals surface area contributed by atoms with Crippen molar-refractivity contribution >= 4 is 34.9 Å². The summed E-state index contributed by atoms with van der Waals surface area (Å²) in [6.45, 7) is -0.294. The lowest BCUT2D eigenvalue weighted by Crippen LogP contribution is -2.51. The molecular formula is C29H23Cl2FN4O5. The van der Waals surface area contributed by atoms with Crippen LogP contribution in [0.15, 0.2) is 61.2 Å². The molecular weight excluding hydrogens is 574 g/mol. The first-order chi connectivity index (χ1) is 19.6. The standard InChI is InChI=1S/C29H23Cl2FN4O5/c1-35-12-24(34-14-35)27(39)15-6-21-26(22(32)7-15)29(41-20-9-19(37)10-20,16-2-4-17(30)5-3-16)36(28(21)40)13-23-25(38)8-18(31)11-33-23/h2-8,11-12,14,19-20,37-38H,9-10,13H2,1H3/t19-,20+,29-/m1/s1. The Kier molecular flexibility index (Phi) is 6.82. The summed E-state index contributed by atoms with van der Waals surface area (Å²) in [7, 11) is 1.70. The fraction of sp³-hybridized carbons (Fsp3) is 0.241. The van der Waals surface area contributed by atoms with Crippen molar-refractivity contribution in [1.29, 1.82) is 0 Å². The number of aliphatic hydroxyl groups excluding tert-OH is 1. The van der Waals surface area contributed by atoms with Crippen LogP contribution in [0, 0.1) is 5.82 Å². The maximum Gasteiger partial charge on any atom is 0.257 e. The van der Waals surface area contributed by atoms with Crippen molar-refractivity contribution in [3.8, 4) is 5.75 Å². The molecule has 2 aromatic carbocycles. The molecule has 1 saturated carbocycles. The summed E-state index contributed by atoms with van der Waals surface area (Å²) in [5, 5.41) is 21.2. The quantitative estimate of drug-likeness (QED) is 0.299. The maximum absolute atomic E-state index is 16.4. The summed E-state index contributed by atoms with van der Waals surface area (Å²) in [5.41, 5.74) is -1.53. The van der Waals surface area contributed by atoms with E-state index in [1.165, 1.54) is 35.8 Å². The Labute approximate surface area is 243 Å². The molecule has 1 amide bonds. The zero-order chi connectivity index (χ0) is 29.1. The molecule has 41 heavy (non-hydrogen) atoms. The Morgan fingerprint density at radius 2 is 1.88 bits per heavy atom. The van der Waals surface area contributed by atoms with Gasteiger partial charge in [-0.25, -0.2) is 9.37 Å². The van der Waals surface area contributed by atoms with Crippen LogP contribution in [-0.4, -0.2) is 53.5 Å². The fourth-order valence-electron chi connectivity index (χ4n) is 5.31. The van der Waals surface area contributed by atoms with Crippen LogP contribution in [0.4, 0.5) is 4.39 Å². The number of ketones is 1. The molecule has 4 aromatic rings. The van der Waals surface area contributed by atoms with Crippen LogP contribution < -0.4 is 0 Å². The number of aryl methyl sites for hydroxylation is 1. The summed E-state index contributed by atoms with van der Waals surface area (Å²) in [6, 6.07) is 10.1. The van der Waals surface area contributed by atoms with Gasteiger partial charge in [-0.3, -0.25) is 19.5 Å². The highest BCUT2D eigenvalue weighted by molar-refractivity contribution is 6.30. The van der Waals surface area contributed by atoms with Crippen molar-refractivity contribution in [2.45, 2.75) is 37.3 Å². The Balaban J connectivity index is 1.56. The normalized spacial score (nSPS) is 21.6. The van der Waals surface area contributed by atoms with Gasteiger partial charge in [-0.1, -0.05) is 35.3 Å². The van der Waals surface area contributed by atoms with Crippen molar-refractivity contribution in [3.63, 3.8) is 0 Å². The number of halogens is 3. The molecule has 1 aliphatic carbocycles. The van der Waals surface area contributed by atoms with Crippen molar-refractivity contribution in [3.05, 3.63) is 111 Å². The second-order valence-electron chi connectivity index (χ2n) is 10.2. The number of aromatic nitrogens is 3. The summed E-state index contributed by atoms with van der Waals surface area (Å²) in [6.07, 6.45) is 3.69. The minimum absolute atomic E-state index is 0.0633. The molecule has 3 heterocycles. The first kappa shape index (κ1) is 27.3. The smallest absolute Gasteiger partial charge is 0.257 e. The Morgan fingerprint density at radius 1 is 1.15 bits per heavy atom. The van der Waals surface area contributed by atoms with Gasteiger partial charge in [-0.2, -0.15) is 0 Å². The molecule has 0 spiro atoms. The van der Waals surface area contributed by atoms with E-state index in [0.717, 1.165) is 6.07 Å². The van der Waals surface area contributed by atoms with Gasteiger partial charge in [0.05, 0.1) is 41.2 Å². The fourth-order valence-corrected chi connectivity index (χ4v) is 5.58. The molecule has 2 aromatic heterocycles. The van der Waals surface area contributed by atoms with E-state index in [-0.39, 0.29) is 58.2 Å². The first-order valence-electron chi connectivity index (χ1n) is 12.7. The molecule has 0 radical (unpaired) electrons. The number of aromatic hydroxyl groups is 1. The minimum atomic E-state index is -1.84. The van der Waals surface area contributed by atoms with E-state index in [1.807, 2.05) is 0 Å². The number of benzene rings is 2. The molecule has 210 valence electrons. The molecule has 0 bridgehead atoms. The Morgan fingerprint density at radius 3 is 2.51 bits per heavy atom. The molecule has 12 heteroatoms. The summed E-state index contributed by atoms with van der Waals surface area (Å²) in [5.74, 6) is -2.33. The number of aliphatic hydroxyl groups is 1. The first-order valence-corrected chi connectivity index (χ1v) is 13.5. The number of fused-ring (bicyclic) bond motifs is 1. The largest absolute Gasteiger partial charge is 0.506 e. The second-order valence-corrected chi connectivity index (χ2v) is 11.0. The topological polar surface area (TPSA) is 118 Å². The highest BCUT2D eigenvalue weighted by atomic mass is 35.5. The van der Waals surface area contributed by atoms with E-state index in [4.69, 9.17) is 27.9 Å². The van der Waals surface area contributed by atoms with Gasteiger partial charge in [0.15, 0.2) is 0 Å². The van der Waals surface area contributed by atoms with E-state index in [9.17, 15) is 19.8 Å². The molecule has 0 saturated heterocycles. The number of carbonyl (C=O) groups is 2. The monoisotopic (exact) mass is 596 g/mol. The van der Waals surface area contributed by atoms with Crippen molar-refractivity contribution in [2.24, 2.45) is 7.05 Å². The van der Waals surface area contributed by atoms with Gasteiger partial charge in [0.2, 0.25) is 11.5 Å². The highest BCUT2D eigenvalue weighted by Crippen LogP contribution is 2.50. The predicted molar refractivity (Wildman–Crippen MR) is 146 cm³/mol. The van der Waals surface area contributed by atoms with E-state index < -0.39 is 35.4 Å². The van der Waals surface area contributed by atoms with Gasteiger partial charge in [-0.15, -0.1) is 0 Å². The van der Waals surface area contributed by atoms with Crippen molar-refractivity contribution in [1.82, 2.24) is 19.4 Å². The number of hydrogen-bond acceptors (Lipinski definition) is 7. The van der Waals surface area contributed by atoms with Crippen LogP contribution in [0.3, 0.4) is 0 Å². The van der Waals surface area contributed by atoms with Gasteiger partial charge in [0.1, 0.15) is 23.0 Å². The number of hydrogen-bond donors (Lipinski definition) is 2. The third-order valence-corrected chi connectivity index (χ3v) is 7.81. The number of carbonyl (C=O) groups excluding carboxylic acids is 2. The summed E-state index contributed by atoms with van der Waals surface area (Å²) < 4.78 is 24.5. The van der Waals surface area contributed by atoms with Crippen LogP contribution in [0.5, 0.6) is 5.75 Å². The van der Waals surface area contributed by atoms with E-state index in [0.29, 0.717) is 10.6 Å².